The molecule has 0 aliphatic carbocycles. The molecule has 0 heterocycles. The van der Waals surface area contributed by atoms with E-state index in [2.05, 4.69) is 88.8 Å². The lowest BCUT2D eigenvalue weighted by molar-refractivity contribution is -0.118. The summed E-state index contributed by atoms with van der Waals surface area (Å²) in [6.45, 7) is 18.3. The fourth-order valence-corrected chi connectivity index (χ4v) is 7.46. The summed E-state index contributed by atoms with van der Waals surface area (Å²) in [5.74, 6) is 0.593. The number of hydrogen-bond donors (Lipinski definition) is 4. The van der Waals surface area contributed by atoms with E-state index in [1.165, 1.54) is 11.1 Å². The Morgan fingerprint density at radius 2 is 0.783 bits per heavy atom. The third-order valence-corrected chi connectivity index (χ3v) is 11.2. The summed E-state index contributed by atoms with van der Waals surface area (Å²) in [4.78, 5) is 54.6. The Hall–Kier alpha value is -4.92. The Morgan fingerprint density at radius 3 is 1.12 bits per heavy atom. The molecule has 0 spiro atoms. The molecule has 8 heteroatoms. The van der Waals surface area contributed by atoms with Crippen molar-refractivity contribution in [3.8, 4) is 0 Å². The third kappa shape index (κ3) is 15.0. The highest BCUT2D eigenvalue weighted by atomic mass is 16.2. The van der Waals surface area contributed by atoms with Crippen molar-refractivity contribution in [1.29, 1.82) is 0 Å². The molecule has 4 aromatic carbocycles. The average Bonchev–Trinajstić information content (AvgIpc) is 3.23. The van der Waals surface area contributed by atoms with E-state index in [0.717, 1.165) is 49.7 Å². The monoisotopic (exact) mass is 815 g/mol. The molecule has 60 heavy (non-hydrogen) atoms. The number of nitrogens with one attached hydrogen (secondary N) is 4. The quantitative estimate of drug-likeness (QED) is 0.0391. The summed E-state index contributed by atoms with van der Waals surface area (Å²) in [5.41, 5.74) is 7.23. The largest absolute Gasteiger partial charge is 0.325 e. The van der Waals surface area contributed by atoms with E-state index in [4.69, 9.17) is 0 Å². The molecule has 0 saturated carbocycles. The van der Waals surface area contributed by atoms with Gasteiger partial charge in [-0.25, -0.2) is 0 Å². The number of carbonyl (C=O) groups is 4. The van der Waals surface area contributed by atoms with Crippen molar-refractivity contribution in [1.82, 2.24) is 10.6 Å². The number of anilines is 2. The van der Waals surface area contributed by atoms with Gasteiger partial charge in [-0.1, -0.05) is 154 Å². The molecule has 322 valence electrons. The number of rotatable bonds is 25. The molecule has 2 unspecified atom stereocenters. The van der Waals surface area contributed by atoms with Crippen LogP contribution in [0, 0.1) is 0 Å². The van der Waals surface area contributed by atoms with Crippen LogP contribution in [0.4, 0.5) is 11.4 Å². The van der Waals surface area contributed by atoms with Crippen molar-refractivity contribution in [2.75, 3.05) is 23.7 Å². The Bertz CT molecular complexity index is 1830. The minimum absolute atomic E-state index is 0.0342. The molecule has 0 saturated heterocycles. The van der Waals surface area contributed by atoms with Gasteiger partial charge in [0.1, 0.15) is 0 Å². The van der Waals surface area contributed by atoms with Crippen LogP contribution in [-0.4, -0.2) is 48.6 Å². The average molecular weight is 815 g/mol. The number of para-hydroxylation sites is 2. The highest BCUT2D eigenvalue weighted by Crippen LogP contribution is 2.28. The SMILES string of the molecule is CC(C)c1ccc(C(=O)CC(NCCCCCCCCNC(CC(=O)c2ccc(C(C)C)cc2C(C)C)C(=O)Nc2ccccc2)C(=O)Nc2ccccc2)c(C(C)C)c1. The van der Waals surface area contributed by atoms with Crippen LogP contribution in [0.15, 0.2) is 97.1 Å². The zero-order valence-electron chi connectivity index (χ0n) is 37.4. The lowest BCUT2D eigenvalue weighted by atomic mass is 9.88. The number of unbranched alkanes of at least 4 members (excludes halogenated alkanes) is 5. The van der Waals surface area contributed by atoms with Crippen molar-refractivity contribution in [2.24, 2.45) is 0 Å². The molecule has 0 aromatic heterocycles. The van der Waals surface area contributed by atoms with Gasteiger partial charge in [-0.05, 0) is 96.1 Å². The Labute approximate surface area is 360 Å². The second-order valence-electron chi connectivity index (χ2n) is 17.4. The van der Waals surface area contributed by atoms with Crippen LogP contribution < -0.4 is 21.3 Å². The van der Waals surface area contributed by atoms with Crippen LogP contribution in [0.2, 0.25) is 0 Å². The molecular formula is C52H70N4O4. The third-order valence-electron chi connectivity index (χ3n) is 11.2. The fraction of sp³-hybridized carbons (Fsp3) is 0.462. The predicted octanol–water partition coefficient (Wildman–Crippen LogP) is 11.6. The number of benzene rings is 4. The van der Waals surface area contributed by atoms with E-state index in [-0.39, 0.29) is 48.1 Å². The van der Waals surface area contributed by atoms with E-state index in [1.807, 2.05) is 84.9 Å². The van der Waals surface area contributed by atoms with Gasteiger partial charge in [0, 0.05) is 35.3 Å². The molecule has 8 nitrogen and oxygen atoms in total. The van der Waals surface area contributed by atoms with E-state index >= 15 is 0 Å². The molecule has 0 aliphatic heterocycles. The van der Waals surface area contributed by atoms with Gasteiger partial charge in [-0.15, -0.1) is 0 Å². The summed E-state index contributed by atoms with van der Waals surface area (Å²) in [6.07, 6.45) is 5.94. The van der Waals surface area contributed by atoms with E-state index < -0.39 is 12.1 Å². The Balaban J connectivity index is 1.28. The van der Waals surface area contributed by atoms with Gasteiger partial charge in [0.05, 0.1) is 12.1 Å². The van der Waals surface area contributed by atoms with Gasteiger partial charge in [-0.3, -0.25) is 19.2 Å². The molecule has 4 rings (SSSR count). The van der Waals surface area contributed by atoms with Crippen molar-refractivity contribution in [2.45, 2.75) is 143 Å². The maximum Gasteiger partial charge on any atom is 0.241 e. The summed E-state index contributed by atoms with van der Waals surface area (Å²) in [7, 11) is 0. The second-order valence-corrected chi connectivity index (χ2v) is 17.4. The summed E-state index contributed by atoms with van der Waals surface area (Å²) in [6, 6.07) is 29.6. The molecule has 0 aliphatic rings. The maximum absolute atomic E-state index is 13.8. The van der Waals surface area contributed by atoms with Crippen molar-refractivity contribution in [3.63, 3.8) is 0 Å². The van der Waals surface area contributed by atoms with E-state index in [9.17, 15) is 19.2 Å². The summed E-state index contributed by atoms with van der Waals surface area (Å²) in [5, 5.41) is 12.8. The minimum Gasteiger partial charge on any atom is -0.325 e. The lowest BCUT2D eigenvalue weighted by Crippen LogP contribution is -2.42. The van der Waals surface area contributed by atoms with Gasteiger partial charge >= 0.3 is 0 Å². The van der Waals surface area contributed by atoms with Crippen LogP contribution in [0.1, 0.15) is 173 Å². The number of Topliss-reactive ketones (excluding diaryl/α,β-unsaturated/α-hetero) is 2. The Kier molecular flexibility index (Phi) is 19.4. The van der Waals surface area contributed by atoms with Crippen molar-refractivity contribution >= 4 is 34.8 Å². The molecule has 2 atom stereocenters. The van der Waals surface area contributed by atoms with Gasteiger partial charge < -0.3 is 21.3 Å². The molecule has 0 fully saturated rings. The van der Waals surface area contributed by atoms with Gasteiger partial charge in [0.25, 0.3) is 0 Å². The zero-order valence-corrected chi connectivity index (χ0v) is 37.4. The van der Waals surface area contributed by atoms with Crippen LogP contribution >= 0.6 is 0 Å². The first-order valence-electron chi connectivity index (χ1n) is 22.3. The summed E-state index contributed by atoms with van der Waals surface area (Å²) >= 11 is 0. The normalized spacial score (nSPS) is 12.5. The van der Waals surface area contributed by atoms with Crippen LogP contribution in [0.3, 0.4) is 0 Å². The van der Waals surface area contributed by atoms with Crippen LogP contribution in [-0.2, 0) is 9.59 Å². The molecule has 0 radical (unpaired) electrons. The molecule has 0 bridgehead atoms. The molecular weight excluding hydrogens is 745 g/mol. The highest BCUT2D eigenvalue weighted by molar-refractivity contribution is 6.04. The predicted molar refractivity (Wildman–Crippen MR) is 249 cm³/mol. The first kappa shape index (κ1) is 47.8. The van der Waals surface area contributed by atoms with E-state index in [0.29, 0.717) is 47.4 Å². The van der Waals surface area contributed by atoms with Crippen molar-refractivity contribution in [3.05, 3.63) is 130 Å². The number of hydrogen-bond acceptors (Lipinski definition) is 6. The molecule has 4 N–H and O–H groups in total. The maximum atomic E-state index is 13.8. The lowest BCUT2D eigenvalue weighted by Gasteiger charge is -2.20. The minimum atomic E-state index is -0.663. The van der Waals surface area contributed by atoms with Gasteiger partial charge in [0.2, 0.25) is 11.8 Å². The van der Waals surface area contributed by atoms with Crippen LogP contribution in [0.5, 0.6) is 0 Å². The zero-order chi connectivity index (χ0) is 43.6. The smallest absolute Gasteiger partial charge is 0.241 e. The summed E-state index contributed by atoms with van der Waals surface area (Å²) < 4.78 is 0. The van der Waals surface area contributed by atoms with Gasteiger partial charge in [0.15, 0.2) is 11.6 Å². The Morgan fingerprint density at radius 1 is 0.433 bits per heavy atom. The fourth-order valence-electron chi connectivity index (χ4n) is 7.46. The number of amides is 2. The topological polar surface area (TPSA) is 116 Å². The molecule has 2 amide bonds. The molecule has 4 aromatic rings. The van der Waals surface area contributed by atoms with E-state index in [1.54, 1.807) is 0 Å². The standard InChI is InChI=1S/C52H70N4O4/c1-35(2)39-25-27-43(45(31-39)37(5)6)49(57)33-47(51(59)55-41-21-15-13-16-22-41)53-29-19-11-9-10-12-20-30-54-48(52(60)56-42-23-17-14-18-24-42)34-50(58)44-28-26-40(36(3)4)32-46(44)38(7)8/h13-18,21-28,31-32,35-38,47-48,53-54H,9-12,19-20,29-30,33-34H2,1-8H3,(H,55,59)(H,56,60). The first-order valence-corrected chi connectivity index (χ1v) is 22.3. The number of carbonyl (C=O) groups excluding carboxylic acids is 4. The number of ketones is 2. The van der Waals surface area contributed by atoms with Gasteiger partial charge in [-0.2, -0.15) is 0 Å². The van der Waals surface area contributed by atoms with Crippen LogP contribution in [0.25, 0.3) is 0 Å². The van der Waals surface area contributed by atoms with Crippen molar-refractivity contribution < 1.29 is 19.2 Å². The first-order chi connectivity index (χ1) is 28.7. The highest BCUT2D eigenvalue weighted by Gasteiger charge is 2.26. The second kappa shape index (κ2) is 24.4.